The molecule has 2 atom stereocenters. The van der Waals surface area contributed by atoms with Crippen LogP contribution in [0.15, 0.2) is 48.5 Å². The Balaban J connectivity index is 1.46. The zero-order valence-corrected chi connectivity index (χ0v) is 20.5. The number of carbonyl (C=O) groups excluding carboxylic acids is 2. The lowest BCUT2D eigenvalue weighted by molar-refractivity contribution is -0.145. The molecular weight excluding hydrogens is 444 g/mol. The summed E-state index contributed by atoms with van der Waals surface area (Å²) >= 11 is 0. The van der Waals surface area contributed by atoms with Crippen molar-refractivity contribution in [3.63, 3.8) is 0 Å². The number of nitrogens with zero attached hydrogens (tertiary/aromatic N) is 1. The Morgan fingerprint density at radius 3 is 2.29 bits per heavy atom. The van der Waals surface area contributed by atoms with Crippen molar-refractivity contribution in [1.29, 1.82) is 0 Å². The Bertz CT molecular complexity index is 1050. The van der Waals surface area contributed by atoms with Gasteiger partial charge in [-0.05, 0) is 54.9 Å². The molecule has 2 N–H and O–H groups in total. The maximum atomic E-state index is 13.6. The van der Waals surface area contributed by atoms with Gasteiger partial charge in [-0.1, -0.05) is 61.9 Å². The number of aliphatic carboxylic acids is 1. The third-order valence-electron chi connectivity index (χ3n) is 7.24. The van der Waals surface area contributed by atoms with E-state index in [-0.39, 0.29) is 30.9 Å². The van der Waals surface area contributed by atoms with Crippen molar-refractivity contribution in [3.05, 3.63) is 59.7 Å². The summed E-state index contributed by atoms with van der Waals surface area (Å²) in [5.41, 5.74) is 3.39. The molecule has 35 heavy (non-hydrogen) atoms. The quantitative estimate of drug-likeness (QED) is 0.560. The third-order valence-corrected chi connectivity index (χ3v) is 7.24. The molecule has 0 saturated carbocycles. The van der Waals surface area contributed by atoms with Crippen LogP contribution in [0.2, 0.25) is 0 Å². The second-order valence-electron chi connectivity index (χ2n) is 9.78. The summed E-state index contributed by atoms with van der Waals surface area (Å²) in [6.45, 7) is 4.34. The molecule has 2 amide bonds. The molecule has 1 aliphatic heterocycles. The Morgan fingerprint density at radius 2 is 1.69 bits per heavy atom. The van der Waals surface area contributed by atoms with Gasteiger partial charge in [0, 0.05) is 18.5 Å². The van der Waals surface area contributed by atoms with Crippen LogP contribution >= 0.6 is 0 Å². The normalized spacial score (nSPS) is 18.8. The van der Waals surface area contributed by atoms with Gasteiger partial charge in [-0.2, -0.15) is 0 Å². The molecule has 1 heterocycles. The minimum atomic E-state index is -1.16. The van der Waals surface area contributed by atoms with Gasteiger partial charge in [0.2, 0.25) is 5.91 Å². The monoisotopic (exact) mass is 478 g/mol. The second-order valence-corrected chi connectivity index (χ2v) is 9.78. The number of fused-ring (bicyclic) bond motifs is 3. The van der Waals surface area contributed by atoms with Gasteiger partial charge in [-0.25, -0.2) is 4.79 Å². The molecule has 2 aliphatic rings. The minimum Gasteiger partial charge on any atom is -0.481 e. The van der Waals surface area contributed by atoms with Gasteiger partial charge in [0.15, 0.2) is 0 Å². The molecule has 2 aromatic rings. The summed E-state index contributed by atoms with van der Waals surface area (Å²) in [7, 11) is 0. The first-order chi connectivity index (χ1) is 16.8. The molecule has 0 radical (unpaired) electrons. The molecule has 186 valence electrons. The van der Waals surface area contributed by atoms with E-state index >= 15 is 0 Å². The number of nitrogens with one attached hydrogen (secondary N) is 1. The van der Waals surface area contributed by atoms with Crippen molar-refractivity contribution in [2.45, 2.75) is 69.9 Å². The molecule has 7 heteroatoms. The van der Waals surface area contributed by atoms with E-state index in [0.29, 0.717) is 25.8 Å². The first kappa shape index (κ1) is 24.8. The number of ether oxygens (including phenoxy) is 1. The highest BCUT2D eigenvalue weighted by Gasteiger charge is 2.41. The lowest BCUT2D eigenvalue weighted by Crippen LogP contribution is -2.61. The predicted octanol–water partition coefficient (Wildman–Crippen LogP) is 4.94. The van der Waals surface area contributed by atoms with Crippen LogP contribution < -0.4 is 5.32 Å². The zero-order chi connectivity index (χ0) is 25.0. The van der Waals surface area contributed by atoms with Gasteiger partial charge in [-0.15, -0.1) is 0 Å². The Morgan fingerprint density at radius 1 is 1.06 bits per heavy atom. The number of rotatable bonds is 8. The van der Waals surface area contributed by atoms with E-state index in [0.717, 1.165) is 35.1 Å². The maximum absolute atomic E-state index is 13.6. The maximum Gasteiger partial charge on any atom is 0.408 e. The number of carbonyl (C=O) groups is 3. The van der Waals surface area contributed by atoms with Crippen LogP contribution in [0, 0.1) is 0 Å². The summed E-state index contributed by atoms with van der Waals surface area (Å²) in [6, 6.07) is 15.9. The van der Waals surface area contributed by atoms with Gasteiger partial charge >= 0.3 is 12.1 Å². The first-order valence-electron chi connectivity index (χ1n) is 12.5. The smallest absolute Gasteiger partial charge is 0.408 e. The molecule has 1 fully saturated rings. The van der Waals surface area contributed by atoms with Crippen LogP contribution in [-0.4, -0.2) is 52.7 Å². The van der Waals surface area contributed by atoms with Gasteiger partial charge in [0.05, 0.1) is 6.42 Å². The number of hydrogen-bond donors (Lipinski definition) is 2. The van der Waals surface area contributed by atoms with Crippen LogP contribution in [0.1, 0.15) is 69.4 Å². The van der Waals surface area contributed by atoms with E-state index < -0.39 is 17.6 Å². The number of carboxylic acids is 1. The largest absolute Gasteiger partial charge is 0.481 e. The summed E-state index contributed by atoms with van der Waals surface area (Å²) in [6.07, 6.45) is 2.78. The average molecular weight is 479 g/mol. The topological polar surface area (TPSA) is 95.9 Å². The number of likely N-dealkylation sites (tertiary alicyclic amines) is 1. The standard InChI is InChI=1S/C28H34N2O5/c1-3-15-28(2,26(33)30-16-9-8-10-19(30)17-25(31)32)29-27(34)35-18-24-22-13-6-4-11-20(22)21-12-5-7-14-23(21)24/h4-7,11-14,19,24H,3,8-10,15-18H2,1-2H3,(H,29,34)(H,31,32)/t19-,28?/m0/s1. The van der Waals surface area contributed by atoms with E-state index in [9.17, 15) is 19.5 Å². The second kappa shape index (κ2) is 10.5. The third kappa shape index (κ3) is 5.19. The van der Waals surface area contributed by atoms with Crippen LogP contribution in [0.5, 0.6) is 0 Å². The number of hydrogen-bond acceptors (Lipinski definition) is 4. The fourth-order valence-corrected chi connectivity index (χ4v) is 5.58. The number of alkyl carbamates (subject to hydrolysis) is 1. The van der Waals surface area contributed by atoms with E-state index in [2.05, 4.69) is 29.6 Å². The number of amides is 2. The zero-order valence-electron chi connectivity index (χ0n) is 20.5. The highest BCUT2D eigenvalue weighted by Crippen LogP contribution is 2.44. The van der Waals surface area contributed by atoms with Crippen molar-refractivity contribution in [2.24, 2.45) is 0 Å². The number of benzene rings is 2. The number of piperidine rings is 1. The summed E-state index contributed by atoms with van der Waals surface area (Å²) < 4.78 is 5.70. The molecule has 7 nitrogen and oxygen atoms in total. The van der Waals surface area contributed by atoms with E-state index in [4.69, 9.17) is 4.74 Å². The lowest BCUT2D eigenvalue weighted by atomic mass is 9.90. The van der Waals surface area contributed by atoms with E-state index in [1.165, 1.54) is 0 Å². The molecule has 1 aliphatic carbocycles. The highest BCUT2D eigenvalue weighted by molar-refractivity contribution is 5.90. The SMILES string of the molecule is CCCC(C)(NC(=O)OCC1c2ccccc2-c2ccccc21)C(=O)N1CCCC[C@H]1CC(=O)O. The van der Waals surface area contributed by atoms with Crippen molar-refractivity contribution in [2.75, 3.05) is 13.2 Å². The Labute approximate surface area is 206 Å². The van der Waals surface area contributed by atoms with Crippen LogP contribution in [-0.2, 0) is 14.3 Å². The average Bonchev–Trinajstić information content (AvgIpc) is 3.16. The molecule has 2 aromatic carbocycles. The Kier molecular flexibility index (Phi) is 7.43. The molecule has 1 saturated heterocycles. The van der Waals surface area contributed by atoms with Crippen LogP contribution in [0.25, 0.3) is 11.1 Å². The molecule has 4 rings (SSSR count). The summed E-state index contributed by atoms with van der Waals surface area (Å²) in [4.78, 5) is 39.5. The van der Waals surface area contributed by atoms with E-state index in [1.54, 1.807) is 11.8 Å². The molecule has 0 bridgehead atoms. The summed E-state index contributed by atoms with van der Waals surface area (Å²) in [5, 5.41) is 12.1. The lowest BCUT2D eigenvalue weighted by Gasteiger charge is -2.41. The first-order valence-corrected chi connectivity index (χ1v) is 12.5. The van der Waals surface area contributed by atoms with Crippen molar-refractivity contribution in [1.82, 2.24) is 10.2 Å². The van der Waals surface area contributed by atoms with Gasteiger partial charge < -0.3 is 20.1 Å². The van der Waals surface area contributed by atoms with Gasteiger partial charge in [-0.3, -0.25) is 9.59 Å². The van der Waals surface area contributed by atoms with Crippen molar-refractivity contribution >= 4 is 18.0 Å². The Hall–Kier alpha value is -3.35. The van der Waals surface area contributed by atoms with Crippen LogP contribution in [0.4, 0.5) is 4.79 Å². The minimum absolute atomic E-state index is 0.0664. The fourth-order valence-electron chi connectivity index (χ4n) is 5.58. The molecular formula is C28H34N2O5. The summed E-state index contributed by atoms with van der Waals surface area (Å²) in [5.74, 6) is -1.22. The van der Waals surface area contributed by atoms with Gasteiger partial charge in [0.25, 0.3) is 0 Å². The predicted molar refractivity (Wildman–Crippen MR) is 133 cm³/mol. The van der Waals surface area contributed by atoms with Crippen molar-refractivity contribution < 1.29 is 24.2 Å². The fraction of sp³-hybridized carbons (Fsp3) is 0.464. The number of carboxylic acid groups (broad SMARTS) is 1. The van der Waals surface area contributed by atoms with Crippen LogP contribution in [0.3, 0.4) is 0 Å². The molecule has 0 spiro atoms. The molecule has 1 unspecified atom stereocenters. The highest BCUT2D eigenvalue weighted by atomic mass is 16.5. The van der Waals surface area contributed by atoms with E-state index in [1.807, 2.05) is 31.2 Å². The van der Waals surface area contributed by atoms with Crippen molar-refractivity contribution in [3.8, 4) is 11.1 Å². The molecule has 0 aromatic heterocycles. The van der Waals surface area contributed by atoms with Gasteiger partial charge in [0.1, 0.15) is 12.1 Å².